The van der Waals surface area contributed by atoms with Crippen LogP contribution < -0.4 is 4.74 Å². The topological polar surface area (TPSA) is 46.6 Å². The summed E-state index contributed by atoms with van der Waals surface area (Å²) in [6, 6.07) is 15.0. The highest BCUT2D eigenvalue weighted by Crippen LogP contribution is 2.32. The fourth-order valence-corrected chi connectivity index (χ4v) is 3.86. The van der Waals surface area contributed by atoms with E-state index in [4.69, 9.17) is 16.3 Å². The van der Waals surface area contributed by atoms with Gasteiger partial charge in [-0.05, 0) is 48.0 Å². The normalized spacial score (nSPS) is 15.5. The summed E-state index contributed by atoms with van der Waals surface area (Å²) in [5.41, 5.74) is 1.77. The second-order valence-corrected chi connectivity index (χ2v) is 7.89. The van der Waals surface area contributed by atoms with Gasteiger partial charge >= 0.3 is 0 Å². The van der Waals surface area contributed by atoms with Crippen molar-refractivity contribution >= 4 is 40.6 Å². The van der Waals surface area contributed by atoms with Crippen molar-refractivity contribution in [1.82, 2.24) is 4.90 Å². The molecule has 1 heterocycles. The highest BCUT2D eigenvalue weighted by Gasteiger charge is 2.34. The molecule has 0 atom stereocenters. The molecular formula is C22H22ClNO3S. The van der Waals surface area contributed by atoms with E-state index in [2.05, 4.69) is 6.92 Å². The number of halogens is 1. The molecule has 0 unspecified atom stereocenters. The first kappa shape index (κ1) is 20.5. The third-order valence-electron chi connectivity index (χ3n) is 4.39. The molecule has 2 amide bonds. The molecule has 0 bridgehead atoms. The van der Waals surface area contributed by atoms with E-state index in [1.54, 1.807) is 6.08 Å². The van der Waals surface area contributed by atoms with Crippen LogP contribution in [0.2, 0.25) is 5.02 Å². The van der Waals surface area contributed by atoms with Crippen molar-refractivity contribution in [3.63, 3.8) is 0 Å². The first-order chi connectivity index (χ1) is 13.6. The fourth-order valence-electron chi connectivity index (χ4n) is 2.80. The quantitative estimate of drug-likeness (QED) is 0.383. The molecule has 0 aliphatic carbocycles. The lowest BCUT2D eigenvalue weighted by Gasteiger charge is -2.11. The van der Waals surface area contributed by atoms with Crippen LogP contribution in [0.3, 0.4) is 0 Å². The minimum absolute atomic E-state index is 0.188. The number of carbonyl (C=O) groups is 2. The van der Waals surface area contributed by atoms with E-state index in [0.29, 0.717) is 28.8 Å². The molecule has 1 aliphatic heterocycles. The second-order valence-electron chi connectivity index (χ2n) is 6.49. The summed E-state index contributed by atoms with van der Waals surface area (Å²) in [5.74, 6) is 0.509. The van der Waals surface area contributed by atoms with E-state index in [1.807, 2.05) is 48.5 Å². The van der Waals surface area contributed by atoms with Crippen LogP contribution in [0, 0.1) is 0 Å². The van der Waals surface area contributed by atoms with Crippen molar-refractivity contribution in [3.05, 3.63) is 69.6 Å². The predicted molar refractivity (Wildman–Crippen MR) is 114 cm³/mol. The minimum atomic E-state index is -0.204. The standard InChI is InChI=1S/C22H22ClNO3S/c1-2-3-6-13-24-21(25)20(28-22(24)26)14-16-9-11-18(12-10-16)27-15-17-7-4-5-8-19(17)23/h4-5,7-12,14H,2-3,6,13,15H2,1H3/b20-14-. The molecule has 2 aromatic carbocycles. The molecule has 6 heteroatoms. The molecule has 0 aromatic heterocycles. The number of ether oxygens (including phenoxy) is 1. The van der Waals surface area contributed by atoms with E-state index in [0.717, 1.165) is 42.2 Å². The van der Waals surface area contributed by atoms with Gasteiger partial charge in [-0.25, -0.2) is 0 Å². The van der Waals surface area contributed by atoms with Crippen molar-refractivity contribution < 1.29 is 14.3 Å². The van der Waals surface area contributed by atoms with E-state index < -0.39 is 0 Å². The summed E-state index contributed by atoms with van der Waals surface area (Å²) >= 11 is 7.14. The Hall–Kier alpha value is -2.24. The van der Waals surface area contributed by atoms with Crippen LogP contribution in [-0.4, -0.2) is 22.6 Å². The zero-order valence-corrected chi connectivity index (χ0v) is 17.3. The third kappa shape index (κ3) is 5.18. The molecule has 146 valence electrons. The van der Waals surface area contributed by atoms with E-state index in [9.17, 15) is 9.59 Å². The van der Waals surface area contributed by atoms with Gasteiger partial charge < -0.3 is 4.74 Å². The summed E-state index contributed by atoms with van der Waals surface area (Å²) in [7, 11) is 0. The lowest BCUT2D eigenvalue weighted by atomic mass is 10.2. The molecule has 0 radical (unpaired) electrons. The number of nitrogens with zero attached hydrogens (tertiary/aromatic N) is 1. The molecule has 0 saturated carbocycles. The molecule has 4 nitrogen and oxygen atoms in total. The van der Waals surface area contributed by atoms with Gasteiger partial charge in [-0.3, -0.25) is 14.5 Å². The Morgan fingerprint density at radius 3 is 2.54 bits per heavy atom. The maximum absolute atomic E-state index is 12.5. The number of carbonyl (C=O) groups excluding carboxylic acids is 2. The van der Waals surface area contributed by atoms with E-state index >= 15 is 0 Å². The number of unbranched alkanes of at least 4 members (excludes halogenated alkanes) is 2. The summed E-state index contributed by atoms with van der Waals surface area (Å²) < 4.78 is 5.77. The van der Waals surface area contributed by atoms with Gasteiger partial charge in [0.25, 0.3) is 11.1 Å². The first-order valence-electron chi connectivity index (χ1n) is 9.30. The molecule has 28 heavy (non-hydrogen) atoms. The molecule has 2 aromatic rings. The maximum Gasteiger partial charge on any atom is 0.293 e. The largest absolute Gasteiger partial charge is 0.489 e. The Morgan fingerprint density at radius 1 is 1.07 bits per heavy atom. The van der Waals surface area contributed by atoms with Crippen LogP contribution in [0.15, 0.2) is 53.4 Å². The number of hydrogen-bond donors (Lipinski definition) is 0. The Kier molecular flexibility index (Phi) is 7.18. The second kappa shape index (κ2) is 9.80. The molecule has 0 spiro atoms. The van der Waals surface area contributed by atoms with Gasteiger partial charge in [0.1, 0.15) is 12.4 Å². The van der Waals surface area contributed by atoms with Gasteiger partial charge in [-0.15, -0.1) is 0 Å². The molecule has 0 N–H and O–H groups in total. The molecular weight excluding hydrogens is 394 g/mol. The zero-order valence-electron chi connectivity index (χ0n) is 15.7. The van der Waals surface area contributed by atoms with Gasteiger partial charge in [-0.2, -0.15) is 0 Å². The van der Waals surface area contributed by atoms with Crippen molar-refractivity contribution in [3.8, 4) is 5.75 Å². The average molecular weight is 416 g/mol. The van der Waals surface area contributed by atoms with Crippen molar-refractivity contribution in [2.75, 3.05) is 6.54 Å². The fraction of sp³-hybridized carbons (Fsp3) is 0.273. The van der Waals surface area contributed by atoms with Crippen LogP contribution in [0.1, 0.15) is 37.3 Å². The van der Waals surface area contributed by atoms with Gasteiger partial charge in [-0.1, -0.05) is 61.7 Å². The maximum atomic E-state index is 12.5. The van der Waals surface area contributed by atoms with Crippen LogP contribution in [0.5, 0.6) is 5.75 Å². The molecule has 1 aliphatic rings. The van der Waals surface area contributed by atoms with Crippen molar-refractivity contribution in [1.29, 1.82) is 0 Å². The van der Waals surface area contributed by atoms with Crippen LogP contribution in [0.25, 0.3) is 6.08 Å². The average Bonchev–Trinajstić information content (AvgIpc) is 2.96. The number of imide groups is 1. The Bertz CT molecular complexity index is 880. The van der Waals surface area contributed by atoms with Gasteiger partial charge in [0.05, 0.1) is 4.91 Å². The SMILES string of the molecule is CCCCCN1C(=O)S/C(=C\c2ccc(OCc3ccccc3Cl)cc2)C1=O. The van der Waals surface area contributed by atoms with Gasteiger partial charge in [0.2, 0.25) is 0 Å². The molecule has 3 rings (SSSR count). The summed E-state index contributed by atoms with van der Waals surface area (Å²) in [5, 5.41) is 0.487. The zero-order chi connectivity index (χ0) is 19.9. The van der Waals surface area contributed by atoms with Crippen LogP contribution >= 0.6 is 23.4 Å². The highest BCUT2D eigenvalue weighted by molar-refractivity contribution is 8.18. The Balaban J connectivity index is 1.61. The number of thioether (sulfide) groups is 1. The predicted octanol–water partition coefficient (Wildman–Crippen LogP) is 6.15. The van der Waals surface area contributed by atoms with Crippen LogP contribution in [0.4, 0.5) is 4.79 Å². The first-order valence-corrected chi connectivity index (χ1v) is 10.5. The number of amides is 2. The monoisotopic (exact) mass is 415 g/mol. The van der Waals surface area contributed by atoms with Gasteiger partial charge in [0.15, 0.2) is 0 Å². The molecule has 1 fully saturated rings. The third-order valence-corrected chi connectivity index (χ3v) is 5.67. The van der Waals surface area contributed by atoms with Crippen molar-refractivity contribution in [2.24, 2.45) is 0 Å². The summed E-state index contributed by atoms with van der Waals surface area (Å²) in [6.07, 6.45) is 4.66. The Labute approximate surface area is 174 Å². The lowest BCUT2D eigenvalue weighted by Crippen LogP contribution is -2.29. The number of hydrogen-bond acceptors (Lipinski definition) is 4. The van der Waals surface area contributed by atoms with Crippen molar-refractivity contribution in [2.45, 2.75) is 32.8 Å². The van der Waals surface area contributed by atoms with Crippen LogP contribution in [-0.2, 0) is 11.4 Å². The Morgan fingerprint density at radius 2 is 1.82 bits per heavy atom. The van der Waals surface area contributed by atoms with E-state index in [1.165, 1.54) is 4.90 Å². The van der Waals surface area contributed by atoms with Gasteiger partial charge in [0, 0.05) is 17.1 Å². The highest BCUT2D eigenvalue weighted by atomic mass is 35.5. The molecule has 1 saturated heterocycles. The number of benzene rings is 2. The number of rotatable bonds is 8. The summed E-state index contributed by atoms with van der Waals surface area (Å²) in [4.78, 5) is 26.3. The lowest BCUT2D eigenvalue weighted by molar-refractivity contribution is -0.122. The summed E-state index contributed by atoms with van der Waals surface area (Å²) in [6.45, 7) is 2.97. The van der Waals surface area contributed by atoms with E-state index in [-0.39, 0.29) is 11.1 Å². The smallest absolute Gasteiger partial charge is 0.293 e. The minimum Gasteiger partial charge on any atom is -0.489 e.